The van der Waals surface area contributed by atoms with Gasteiger partial charge in [-0.1, -0.05) is 59.6 Å². The van der Waals surface area contributed by atoms with Gasteiger partial charge in [0.25, 0.3) is 0 Å². The molecule has 0 bridgehead atoms. The van der Waals surface area contributed by atoms with Gasteiger partial charge in [0, 0.05) is 17.6 Å². The molecule has 0 saturated carbocycles. The van der Waals surface area contributed by atoms with E-state index in [1.54, 1.807) is 32.0 Å². The van der Waals surface area contributed by atoms with Crippen LogP contribution in [0.2, 0.25) is 0 Å². The summed E-state index contributed by atoms with van der Waals surface area (Å²) < 4.78 is 27.2. The zero-order chi connectivity index (χ0) is 24.6. The van der Waals surface area contributed by atoms with Gasteiger partial charge in [-0.25, -0.2) is 8.42 Å². The molecule has 180 valence electrons. The predicted octanol–water partition coefficient (Wildman–Crippen LogP) is 3.86. The van der Waals surface area contributed by atoms with E-state index in [1.807, 2.05) is 37.3 Å². The summed E-state index contributed by atoms with van der Waals surface area (Å²) in [5.41, 5.74) is 2.01. The first-order chi connectivity index (χ1) is 15.5. The number of nitrogens with zero attached hydrogens (tertiary/aromatic N) is 2. The normalized spacial score (nSPS) is 12.2. The van der Waals surface area contributed by atoms with Crippen LogP contribution in [0.3, 0.4) is 0 Å². The summed E-state index contributed by atoms with van der Waals surface area (Å²) in [6.07, 6.45) is 2.86. The molecule has 33 heavy (non-hydrogen) atoms. The number of unbranched alkanes of at least 4 members (excludes halogenated alkanes) is 1. The second-order valence-corrected chi connectivity index (χ2v) is 10.8. The van der Waals surface area contributed by atoms with Crippen molar-refractivity contribution in [3.05, 3.63) is 64.1 Å². The number of carbonyl (C=O) groups excluding carboxylic acids is 2. The Bertz CT molecular complexity index is 1060. The number of nitrogens with one attached hydrogen (secondary N) is 1. The van der Waals surface area contributed by atoms with Crippen molar-refractivity contribution >= 4 is 43.5 Å². The number of hydrogen-bond donors (Lipinski definition) is 1. The predicted molar refractivity (Wildman–Crippen MR) is 135 cm³/mol. The molecule has 0 aliphatic heterocycles. The van der Waals surface area contributed by atoms with E-state index in [-0.39, 0.29) is 12.5 Å². The third-order valence-corrected chi connectivity index (χ3v) is 6.98. The Hall–Kier alpha value is -2.39. The first-order valence-electron chi connectivity index (χ1n) is 10.9. The van der Waals surface area contributed by atoms with Crippen LogP contribution in [-0.4, -0.2) is 50.5 Å². The molecule has 0 saturated heterocycles. The molecule has 2 aromatic carbocycles. The van der Waals surface area contributed by atoms with Gasteiger partial charge >= 0.3 is 0 Å². The molecule has 0 radical (unpaired) electrons. The van der Waals surface area contributed by atoms with Crippen LogP contribution in [0.25, 0.3) is 0 Å². The van der Waals surface area contributed by atoms with Crippen LogP contribution in [0.5, 0.6) is 0 Å². The Kier molecular flexibility index (Phi) is 9.91. The quantitative estimate of drug-likeness (QED) is 0.441. The first-order valence-corrected chi connectivity index (χ1v) is 13.5. The maximum absolute atomic E-state index is 13.5. The van der Waals surface area contributed by atoms with E-state index in [9.17, 15) is 18.0 Å². The molecule has 0 aliphatic carbocycles. The summed E-state index contributed by atoms with van der Waals surface area (Å²) in [4.78, 5) is 27.7. The standard InChI is InChI=1S/C24H32BrN3O4S/c1-5-6-15-26-24(30)19(3)27(16-20-11-13-21(25)14-12-20)23(29)17-28(33(4,31)32)22-10-8-7-9-18(22)2/h7-14,19H,5-6,15-17H2,1-4H3,(H,26,30). The van der Waals surface area contributed by atoms with Crippen molar-refractivity contribution in [2.75, 3.05) is 23.7 Å². The third-order valence-electron chi connectivity index (χ3n) is 5.33. The number of sulfonamides is 1. The van der Waals surface area contributed by atoms with Crippen LogP contribution >= 0.6 is 15.9 Å². The highest BCUT2D eigenvalue weighted by Crippen LogP contribution is 2.23. The van der Waals surface area contributed by atoms with E-state index in [0.717, 1.165) is 39.0 Å². The zero-order valence-electron chi connectivity index (χ0n) is 19.5. The fourth-order valence-electron chi connectivity index (χ4n) is 3.34. The first kappa shape index (κ1) is 26.9. The summed E-state index contributed by atoms with van der Waals surface area (Å²) >= 11 is 3.40. The van der Waals surface area contributed by atoms with Gasteiger partial charge in [-0.2, -0.15) is 0 Å². The lowest BCUT2D eigenvalue weighted by atomic mass is 10.1. The van der Waals surface area contributed by atoms with Gasteiger partial charge in [-0.3, -0.25) is 13.9 Å². The van der Waals surface area contributed by atoms with E-state index >= 15 is 0 Å². The average Bonchev–Trinajstić information content (AvgIpc) is 2.76. The fourth-order valence-corrected chi connectivity index (χ4v) is 4.51. The van der Waals surface area contributed by atoms with Gasteiger partial charge in [-0.05, 0) is 49.6 Å². The number of anilines is 1. The Labute approximate surface area is 205 Å². The van der Waals surface area contributed by atoms with E-state index in [0.29, 0.717) is 12.2 Å². The molecule has 7 nitrogen and oxygen atoms in total. The number of halogens is 1. The van der Waals surface area contributed by atoms with Crippen LogP contribution in [-0.2, 0) is 26.2 Å². The van der Waals surface area contributed by atoms with Gasteiger partial charge in [0.1, 0.15) is 12.6 Å². The Morgan fingerprint density at radius 2 is 1.73 bits per heavy atom. The van der Waals surface area contributed by atoms with Crippen molar-refractivity contribution in [3.63, 3.8) is 0 Å². The molecule has 0 spiro atoms. The minimum atomic E-state index is -3.73. The lowest BCUT2D eigenvalue weighted by Gasteiger charge is -2.32. The van der Waals surface area contributed by atoms with Gasteiger partial charge in [0.15, 0.2) is 0 Å². The average molecular weight is 539 g/mol. The highest BCUT2D eigenvalue weighted by atomic mass is 79.9. The van der Waals surface area contributed by atoms with Gasteiger partial charge in [0.05, 0.1) is 11.9 Å². The Balaban J connectivity index is 2.34. The van der Waals surface area contributed by atoms with Crippen LogP contribution in [0.4, 0.5) is 5.69 Å². The van der Waals surface area contributed by atoms with Gasteiger partial charge in [-0.15, -0.1) is 0 Å². The summed E-state index contributed by atoms with van der Waals surface area (Å²) in [6, 6.07) is 13.7. The molecule has 0 aromatic heterocycles. The van der Waals surface area contributed by atoms with Crippen molar-refractivity contribution in [3.8, 4) is 0 Å². The summed E-state index contributed by atoms with van der Waals surface area (Å²) in [5.74, 6) is -0.722. The molecule has 0 fully saturated rings. The highest BCUT2D eigenvalue weighted by Gasteiger charge is 2.30. The summed E-state index contributed by atoms with van der Waals surface area (Å²) in [7, 11) is -3.73. The number of carbonyl (C=O) groups is 2. The zero-order valence-corrected chi connectivity index (χ0v) is 21.9. The molecular formula is C24H32BrN3O4S. The van der Waals surface area contributed by atoms with E-state index < -0.39 is 28.5 Å². The molecular weight excluding hydrogens is 506 g/mol. The molecule has 1 atom stereocenters. The molecule has 0 heterocycles. The molecule has 9 heteroatoms. The second kappa shape index (κ2) is 12.2. The molecule has 0 aliphatic rings. The molecule has 2 amide bonds. The van der Waals surface area contributed by atoms with Crippen molar-refractivity contribution < 1.29 is 18.0 Å². The third kappa shape index (κ3) is 7.85. The number of amides is 2. The van der Waals surface area contributed by atoms with E-state index in [2.05, 4.69) is 21.2 Å². The number of rotatable bonds is 11. The lowest BCUT2D eigenvalue weighted by Crippen LogP contribution is -2.51. The lowest BCUT2D eigenvalue weighted by molar-refractivity contribution is -0.139. The maximum Gasteiger partial charge on any atom is 0.244 e. The van der Waals surface area contributed by atoms with Crippen molar-refractivity contribution in [2.24, 2.45) is 0 Å². The maximum atomic E-state index is 13.5. The highest BCUT2D eigenvalue weighted by molar-refractivity contribution is 9.10. The van der Waals surface area contributed by atoms with Crippen LogP contribution in [0.1, 0.15) is 37.8 Å². The smallest absolute Gasteiger partial charge is 0.244 e. The largest absolute Gasteiger partial charge is 0.354 e. The Morgan fingerprint density at radius 1 is 1.09 bits per heavy atom. The number of benzene rings is 2. The summed E-state index contributed by atoms with van der Waals surface area (Å²) in [6.45, 7) is 5.80. The molecule has 1 N–H and O–H groups in total. The molecule has 2 rings (SSSR count). The van der Waals surface area contributed by atoms with Crippen molar-refractivity contribution in [1.82, 2.24) is 10.2 Å². The molecule has 1 unspecified atom stereocenters. The topological polar surface area (TPSA) is 86.8 Å². The molecule has 2 aromatic rings. The van der Waals surface area contributed by atoms with Gasteiger partial charge in [0.2, 0.25) is 21.8 Å². The van der Waals surface area contributed by atoms with Crippen LogP contribution in [0.15, 0.2) is 53.0 Å². The fraction of sp³-hybridized carbons (Fsp3) is 0.417. The number of aryl methyl sites for hydroxylation is 1. The summed E-state index contributed by atoms with van der Waals surface area (Å²) in [5, 5.41) is 2.87. The minimum Gasteiger partial charge on any atom is -0.354 e. The van der Waals surface area contributed by atoms with Gasteiger partial charge < -0.3 is 10.2 Å². The second-order valence-electron chi connectivity index (χ2n) is 8.02. The monoisotopic (exact) mass is 537 g/mol. The van der Waals surface area contributed by atoms with E-state index in [1.165, 1.54) is 4.90 Å². The number of hydrogen-bond acceptors (Lipinski definition) is 4. The van der Waals surface area contributed by atoms with Crippen molar-refractivity contribution in [1.29, 1.82) is 0 Å². The van der Waals surface area contributed by atoms with Crippen LogP contribution < -0.4 is 9.62 Å². The minimum absolute atomic E-state index is 0.180. The number of para-hydroxylation sites is 1. The van der Waals surface area contributed by atoms with Crippen LogP contribution in [0, 0.1) is 6.92 Å². The van der Waals surface area contributed by atoms with E-state index in [4.69, 9.17) is 0 Å². The van der Waals surface area contributed by atoms with Crippen molar-refractivity contribution in [2.45, 2.75) is 46.2 Å². The Morgan fingerprint density at radius 3 is 2.30 bits per heavy atom. The SMILES string of the molecule is CCCCNC(=O)C(C)N(Cc1ccc(Br)cc1)C(=O)CN(c1ccccc1C)S(C)(=O)=O.